The molecule has 1 aromatic heterocycles. The molecule has 2 aliphatic rings. The maximum Gasteiger partial charge on any atom is 0.261 e. The predicted octanol–water partition coefficient (Wildman–Crippen LogP) is 6.41. The van der Waals surface area contributed by atoms with Gasteiger partial charge in [-0.25, -0.2) is 0 Å². The Morgan fingerprint density at radius 1 is 0.886 bits per heavy atom. The van der Waals surface area contributed by atoms with Crippen molar-refractivity contribution in [3.63, 3.8) is 0 Å². The van der Waals surface area contributed by atoms with Crippen LogP contribution in [0.3, 0.4) is 0 Å². The van der Waals surface area contributed by atoms with Crippen LogP contribution in [0.1, 0.15) is 65.0 Å². The minimum atomic E-state index is -2.49. The molecule has 2 aliphatic heterocycles. The van der Waals surface area contributed by atoms with Gasteiger partial charge >= 0.3 is 0 Å². The smallest absolute Gasteiger partial charge is 0.261 e. The molecule has 0 saturated carbocycles. The van der Waals surface area contributed by atoms with Gasteiger partial charge in [-0.3, -0.25) is 4.90 Å². The molecule has 3 nitrogen and oxygen atoms in total. The molecule has 3 heterocycles. The zero-order chi connectivity index (χ0) is 24.5. The highest BCUT2D eigenvalue weighted by molar-refractivity contribution is 6.99. The SMILES string of the molecule is C[C@@H]1CC[C@@H](c2ccoc2)N2C[C@@H](CO[Si](c3ccccc3)(c3ccccc3)C(C)(C)C)CC[C@@H]12. The zero-order valence-corrected chi connectivity index (χ0v) is 22.8. The number of hydrogen-bond acceptors (Lipinski definition) is 3. The normalized spacial score (nSPS) is 25.8. The minimum absolute atomic E-state index is 0.0197. The fraction of sp³-hybridized carbons (Fsp3) is 0.484. The van der Waals surface area contributed by atoms with E-state index < -0.39 is 8.32 Å². The van der Waals surface area contributed by atoms with Crippen LogP contribution in [0.4, 0.5) is 0 Å². The van der Waals surface area contributed by atoms with Crippen molar-refractivity contribution in [2.75, 3.05) is 13.2 Å². The summed E-state index contributed by atoms with van der Waals surface area (Å²) in [5, 5.41) is 2.76. The lowest BCUT2D eigenvalue weighted by atomic mass is 9.78. The van der Waals surface area contributed by atoms with Crippen molar-refractivity contribution in [3.05, 3.63) is 84.8 Å². The lowest BCUT2D eigenvalue weighted by molar-refractivity contribution is -0.0148. The topological polar surface area (TPSA) is 25.6 Å². The molecule has 3 aromatic rings. The monoisotopic (exact) mass is 487 g/mol. The Labute approximate surface area is 212 Å². The van der Waals surface area contributed by atoms with E-state index >= 15 is 0 Å². The first-order valence-corrected chi connectivity index (χ1v) is 15.3. The van der Waals surface area contributed by atoms with Crippen molar-refractivity contribution < 1.29 is 8.84 Å². The number of nitrogens with zero attached hydrogens (tertiary/aromatic N) is 1. The van der Waals surface area contributed by atoms with Gasteiger partial charge in [-0.2, -0.15) is 0 Å². The molecule has 2 fully saturated rings. The highest BCUT2D eigenvalue weighted by Gasteiger charge is 2.51. The zero-order valence-electron chi connectivity index (χ0n) is 21.8. The quantitative estimate of drug-likeness (QED) is 0.376. The highest BCUT2D eigenvalue weighted by atomic mass is 28.4. The summed E-state index contributed by atoms with van der Waals surface area (Å²) in [4.78, 5) is 2.79. The molecule has 0 aliphatic carbocycles. The average Bonchev–Trinajstić information content (AvgIpc) is 3.40. The van der Waals surface area contributed by atoms with E-state index in [0.717, 1.165) is 19.1 Å². The molecule has 2 aromatic carbocycles. The van der Waals surface area contributed by atoms with Crippen molar-refractivity contribution in [1.82, 2.24) is 4.90 Å². The Kier molecular flexibility index (Phi) is 7.07. The molecule has 4 heteroatoms. The third-order valence-corrected chi connectivity index (χ3v) is 13.6. The van der Waals surface area contributed by atoms with Gasteiger partial charge < -0.3 is 8.84 Å². The molecule has 186 valence electrons. The number of fused-ring (bicyclic) bond motifs is 1. The van der Waals surface area contributed by atoms with E-state index in [9.17, 15) is 0 Å². The summed E-state index contributed by atoms with van der Waals surface area (Å²) >= 11 is 0. The second kappa shape index (κ2) is 10.1. The first kappa shape index (κ1) is 24.5. The lowest BCUT2D eigenvalue weighted by Crippen LogP contribution is -2.67. The second-order valence-electron chi connectivity index (χ2n) is 11.8. The maximum absolute atomic E-state index is 7.33. The number of piperidine rings is 2. The first-order valence-electron chi connectivity index (χ1n) is 13.4. The minimum Gasteiger partial charge on any atom is -0.472 e. The summed E-state index contributed by atoms with van der Waals surface area (Å²) < 4.78 is 12.8. The maximum atomic E-state index is 7.33. The van der Waals surface area contributed by atoms with Crippen molar-refractivity contribution >= 4 is 18.7 Å². The molecule has 4 atom stereocenters. The summed E-state index contributed by atoms with van der Waals surface area (Å²) in [5.74, 6) is 1.31. The van der Waals surface area contributed by atoms with Gasteiger partial charge in [0, 0.05) is 30.8 Å². The Morgan fingerprint density at radius 3 is 2.11 bits per heavy atom. The molecule has 0 unspecified atom stereocenters. The Morgan fingerprint density at radius 2 is 1.54 bits per heavy atom. The van der Waals surface area contributed by atoms with Crippen LogP contribution in [-0.4, -0.2) is 32.4 Å². The number of benzene rings is 2. The van der Waals surface area contributed by atoms with Crippen molar-refractivity contribution in [1.29, 1.82) is 0 Å². The summed E-state index contributed by atoms with van der Waals surface area (Å²) in [7, 11) is -2.49. The molecule has 0 spiro atoms. The van der Waals surface area contributed by atoms with E-state index in [1.54, 1.807) is 0 Å². The van der Waals surface area contributed by atoms with Crippen molar-refractivity contribution in [3.8, 4) is 0 Å². The van der Waals surface area contributed by atoms with E-state index in [4.69, 9.17) is 8.84 Å². The van der Waals surface area contributed by atoms with Crippen molar-refractivity contribution in [2.45, 2.75) is 70.5 Å². The standard InChI is InChI=1S/C31H41NO2Si/c1-24-15-17-30(26-19-20-33-23-26)32-21-25(16-18-29(24)32)22-34-35(31(2,3)4,27-11-7-5-8-12-27)28-13-9-6-10-14-28/h5-14,19-20,23-25,29-30H,15-18,21-22H2,1-4H3/t24-,25+,29+,30+/m1/s1. The number of hydrogen-bond donors (Lipinski definition) is 0. The molecule has 0 amide bonds. The Bertz CT molecular complexity index is 1020. The molecule has 0 bridgehead atoms. The summed E-state index contributed by atoms with van der Waals surface area (Å²) in [6.07, 6.45) is 8.84. The third-order valence-electron chi connectivity index (χ3n) is 8.60. The van der Waals surface area contributed by atoms with E-state index in [2.05, 4.69) is 99.3 Å². The van der Waals surface area contributed by atoms with E-state index in [0.29, 0.717) is 18.0 Å². The molecule has 35 heavy (non-hydrogen) atoms. The van der Waals surface area contributed by atoms with Gasteiger partial charge in [-0.15, -0.1) is 0 Å². The van der Waals surface area contributed by atoms with Crippen LogP contribution >= 0.6 is 0 Å². The second-order valence-corrected chi connectivity index (χ2v) is 16.1. The Balaban J connectivity index is 1.43. The van der Waals surface area contributed by atoms with Crippen LogP contribution in [0.15, 0.2) is 83.7 Å². The molecular weight excluding hydrogens is 446 g/mol. The van der Waals surface area contributed by atoms with Gasteiger partial charge in [-0.1, -0.05) is 88.4 Å². The van der Waals surface area contributed by atoms with Gasteiger partial charge in [0.2, 0.25) is 0 Å². The summed E-state index contributed by atoms with van der Waals surface area (Å²) in [6, 6.07) is 25.4. The van der Waals surface area contributed by atoms with Gasteiger partial charge in [0.15, 0.2) is 0 Å². The van der Waals surface area contributed by atoms with E-state index in [1.807, 2.05) is 12.5 Å². The van der Waals surface area contributed by atoms with Crippen LogP contribution in [0.25, 0.3) is 0 Å². The number of furan rings is 1. The average molecular weight is 488 g/mol. The van der Waals surface area contributed by atoms with Crippen LogP contribution in [0.2, 0.25) is 5.04 Å². The third kappa shape index (κ3) is 4.68. The molecular formula is C31H41NO2Si. The van der Waals surface area contributed by atoms with Gasteiger partial charge in [0.1, 0.15) is 0 Å². The molecule has 5 rings (SSSR count). The van der Waals surface area contributed by atoms with Gasteiger partial charge in [0.05, 0.1) is 12.5 Å². The fourth-order valence-electron chi connectivity index (χ4n) is 6.81. The summed E-state index contributed by atoms with van der Waals surface area (Å²) in [5.41, 5.74) is 1.34. The fourth-order valence-corrected chi connectivity index (χ4v) is 11.5. The van der Waals surface area contributed by atoms with Gasteiger partial charge in [0.25, 0.3) is 8.32 Å². The molecule has 2 saturated heterocycles. The van der Waals surface area contributed by atoms with E-state index in [-0.39, 0.29) is 5.04 Å². The summed E-state index contributed by atoms with van der Waals surface area (Å²) in [6.45, 7) is 11.5. The molecule has 0 radical (unpaired) electrons. The van der Waals surface area contributed by atoms with E-state index in [1.165, 1.54) is 41.6 Å². The van der Waals surface area contributed by atoms with Crippen LogP contribution in [-0.2, 0) is 4.43 Å². The highest BCUT2D eigenvalue weighted by Crippen LogP contribution is 2.43. The van der Waals surface area contributed by atoms with Crippen LogP contribution in [0, 0.1) is 11.8 Å². The Hall–Kier alpha value is -2.14. The first-order chi connectivity index (χ1) is 16.9. The van der Waals surface area contributed by atoms with Crippen LogP contribution in [0.5, 0.6) is 0 Å². The lowest BCUT2D eigenvalue weighted by Gasteiger charge is -2.51. The number of rotatable bonds is 6. The molecule has 0 N–H and O–H groups in total. The van der Waals surface area contributed by atoms with Crippen LogP contribution < -0.4 is 10.4 Å². The largest absolute Gasteiger partial charge is 0.472 e. The predicted molar refractivity (Wildman–Crippen MR) is 147 cm³/mol. The van der Waals surface area contributed by atoms with Crippen molar-refractivity contribution in [2.24, 2.45) is 11.8 Å². The van der Waals surface area contributed by atoms with Gasteiger partial charge in [-0.05, 0) is 59.0 Å².